The van der Waals surface area contributed by atoms with Crippen molar-refractivity contribution in [3.8, 4) is 0 Å². The second-order valence-electron chi connectivity index (χ2n) is 22.7. The minimum Gasteiger partial charge on any atom is -0.458 e. The van der Waals surface area contributed by atoms with Crippen LogP contribution in [0.3, 0.4) is 0 Å². The Bertz CT molecular complexity index is 2790. The first-order valence-electron chi connectivity index (χ1n) is 27.3. The fraction of sp³-hybridized carbons (Fsp3) is 0.525. The Kier molecular flexibility index (Phi) is 17.1. The molecule has 78 heavy (non-hydrogen) atoms. The van der Waals surface area contributed by atoms with Gasteiger partial charge in [-0.05, 0) is 106 Å². The molecule has 3 N–H and O–H groups in total. The number of aliphatic hydroxyl groups excluding tert-OH is 1. The van der Waals surface area contributed by atoms with Crippen molar-refractivity contribution >= 4 is 41.8 Å². The molecule has 0 radical (unpaired) electrons. The minimum absolute atomic E-state index is 0.0233. The lowest BCUT2D eigenvalue weighted by atomic mass is 9.40. The highest BCUT2D eigenvalue weighted by Crippen LogP contribution is 2.68. The van der Waals surface area contributed by atoms with Gasteiger partial charge in [-0.15, -0.1) is 0 Å². The summed E-state index contributed by atoms with van der Waals surface area (Å²) in [7, 11) is 2.98. The molecule has 0 saturated heterocycles. The summed E-state index contributed by atoms with van der Waals surface area (Å²) >= 11 is 0. The Hall–Kier alpha value is -6.85. The highest BCUT2D eigenvalue weighted by Gasteiger charge is 2.76. The number of ether oxygens (including phenoxy) is 5. The number of nitrogens with one attached hydrogen (secondary N) is 1. The van der Waals surface area contributed by atoms with Crippen molar-refractivity contribution in [3.63, 3.8) is 0 Å². The SMILES string of the molecule is CC(=O)O[C@@]12CC[C@@H]1C[C@H](O)[C@@]1(C)C(=O)[C@H](C)C3=C(C)[C@@H](OC(=O)[C@H](OC(=O)N(C)CCN(C)C(=O)OC4/C=C/CCCCC4)[C@@H](NC(=O)c4ccccc4)c4ccccc4)C[C@@](O)(C(OC(=O)c4ccccc4)C12)C3(C)C. The van der Waals surface area contributed by atoms with Crippen LogP contribution in [0.25, 0.3) is 0 Å². The molecule has 5 aliphatic carbocycles. The third kappa shape index (κ3) is 11.0. The van der Waals surface area contributed by atoms with E-state index in [-0.39, 0.29) is 43.2 Å². The maximum Gasteiger partial charge on any atom is 0.410 e. The summed E-state index contributed by atoms with van der Waals surface area (Å²) in [4.78, 5) is 103. The molecule has 3 fully saturated rings. The van der Waals surface area contributed by atoms with Crippen LogP contribution in [0.1, 0.15) is 132 Å². The van der Waals surface area contributed by atoms with Gasteiger partial charge >= 0.3 is 30.1 Å². The first-order chi connectivity index (χ1) is 37.0. The number of likely N-dealkylation sites (N-methyl/N-ethyl adjacent to an activating group) is 2. The molecule has 3 unspecified atom stereocenters. The number of carbonyl (C=O) groups is 7. The first kappa shape index (κ1) is 57.3. The highest BCUT2D eigenvalue weighted by molar-refractivity contribution is 5.95. The van der Waals surface area contributed by atoms with Crippen LogP contribution in [-0.2, 0) is 38.1 Å². The number of amides is 3. The number of aliphatic hydroxyl groups is 2. The van der Waals surface area contributed by atoms with Crippen LogP contribution in [0.2, 0.25) is 0 Å². The van der Waals surface area contributed by atoms with E-state index in [1.807, 2.05) is 12.2 Å². The quantitative estimate of drug-likeness (QED) is 0.0783. The van der Waals surface area contributed by atoms with Gasteiger partial charge in [0.05, 0.1) is 23.0 Å². The number of nitrogens with zero attached hydrogens (tertiary/aromatic N) is 2. The zero-order valence-electron chi connectivity index (χ0n) is 46.0. The third-order valence-electron chi connectivity index (χ3n) is 17.7. The van der Waals surface area contributed by atoms with Crippen molar-refractivity contribution in [2.24, 2.45) is 28.6 Å². The largest absolute Gasteiger partial charge is 0.458 e. The zero-order chi connectivity index (χ0) is 56.3. The maximum absolute atomic E-state index is 15.6. The van der Waals surface area contributed by atoms with Crippen molar-refractivity contribution in [2.75, 3.05) is 27.2 Å². The predicted octanol–water partition coefficient (Wildman–Crippen LogP) is 8.48. The van der Waals surface area contributed by atoms with Crippen LogP contribution in [0.5, 0.6) is 0 Å². The van der Waals surface area contributed by atoms with Gasteiger partial charge in [-0.25, -0.2) is 19.2 Å². The van der Waals surface area contributed by atoms with Gasteiger partial charge in [0, 0.05) is 63.3 Å². The molecule has 8 rings (SSSR count). The lowest BCUT2D eigenvalue weighted by molar-refractivity contribution is -0.295. The number of Topliss-reactive ketones (excluding diaryl/α,β-unsaturated/α-hetero) is 1. The number of hydrogen-bond acceptors (Lipinski definition) is 14. The average molecular weight is 1070 g/mol. The Labute approximate surface area is 456 Å². The predicted molar refractivity (Wildman–Crippen MR) is 286 cm³/mol. The van der Waals surface area contributed by atoms with Gasteiger partial charge in [-0.1, -0.05) is 100.0 Å². The van der Waals surface area contributed by atoms with Gasteiger partial charge < -0.3 is 49.0 Å². The van der Waals surface area contributed by atoms with E-state index in [1.165, 1.54) is 23.8 Å². The van der Waals surface area contributed by atoms with E-state index >= 15 is 9.59 Å². The van der Waals surface area contributed by atoms with Gasteiger partial charge in [0.15, 0.2) is 0 Å². The molecule has 0 heterocycles. The highest BCUT2D eigenvalue weighted by atomic mass is 16.6. The van der Waals surface area contributed by atoms with E-state index in [0.717, 1.165) is 25.7 Å². The number of hydrogen-bond donors (Lipinski definition) is 3. The standard InChI is InChI=1S/C61H75N3O14/c1-37-45(36-61(73)52(77-54(69)42-27-19-14-20-28-42)50-59(6,51(67)38(2)47(37)58(61,4)5)46(66)35-43-31-32-60(43,50)78-39(3)65)75-55(70)49(48(40-23-15-12-16-24-40)62-53(68)41-25-17-13-18-26-41)76-57(72)64(8)34-33-63(7)56(71)74-44-29-21-10-9-11-22-30-44/h12-21,23-29,38,43-46,48-50,52,66,73H,9-11,22,30-36H2,1-8H3,(H,62,68)/b29-21+/t38-,43-,44?,45+,46+,48+,49-,50?,52?,59-,60+,61-/m1/s1. The first-order valence-corrected chi connectivity index (χ1v) is 27.3. The summed E-state index contributed by atoms with van der Waals surface area (Å²) in [6.07, 6.45) is 0.700. The number of rotatable bonds is 14. The summed E-state index contributed by atoms with van der Waals surface area (Å²) in [5.41, 5.74) is -5.42. The number of ketones is 1. The maximum atomic E-state index is 15.6. The number of benzene rings is 3. The van der Waals surface area contributed by atoms with Crippen LogP contribution >= 0.6 is 0 Å². The van der Waals surface area contributed by atoms with Crippen LogP contribution in [0.15, 0.2) is 114 Å². The van der Waals surface area contributed by atoms with Crippen LogP contribution in [0.4, 0.5) is 9.59 Å². The zero-order valence-corrected chi connectivity index (χ0v) is 46.0. The van der Waals surface area contributed by atoms with E-state index in [4.69, 9.17) is 23.7 Å². The van der Waals surface area contributed by atoms with Crippen molar-refractivity contribution in [3.05, 3.63) is 131 Å². The van der Waals surface area contributed by atoms with Gasteiger partial charge in [-0.3, -0.25) is 14.4 Å². The monoisotopic (exact) mass is 1070 g/mol. The second-order valence-corrected chi connectivity index (χ2v) is 22.7. The van der Waals surface area contributed by atoms with Crippen molar-refractivity contribution in [1.29, 1.82) is 0 Å². The Morgan fingerprint density at radius 2 is 1.41 bits per heavy atom. The molecule has 3 saturated carbocycles. The molecule has 12 atom stereocenters. The number of allylic oxidation sites excluding steroid dienone is 1. The summed E-state index contributed by atoms with van der Waals surface area (Å²) < 4.78 is 31.4. The van der Waals surface area contributed by atoms with E-state index < -0.39 is 118 Å². The lowest BCUT2D eigenvalue weighted by Gasteiger charge is -2.68. The molecular formula is C61H75N3O14. The molecular weight excluding hydrogens is 999 g/mol. The smallest absolute Gasteiger partial charge is 0.410 e. The molecule has 2 bridgehead atoms. The third-order valence-corrected chi connectivity index (χ3v) is 17.7. The molecule has 0 aromatic heterocycles. The second kappa shape index (κ2) is 23.2. The summed E-state index contributed by atoms with van der Waals surface area (Å²) in [5.74, 6) is -6.53. The Balaban J connectivity index is 1.18. The van der Waals surface area contributed by atoms with Crippen molar-refractivity contribution in [1.82, 2.24) is 15.1 Å². The van der Waals surface area contributed by atoms with E-state index in [9.17, 15) is 34.2 Å². The van der Waals surface area contributed by atoms with E-state index in [1.54, 1.807) is 133 Å². The van der Waals surface area contributed by atoms with Crippen molar-refractivity contribution in [2.45, 2.75) is 147 Å². The van der Waals surface area contributed by atoms with Crippen molar-refractivity contribution < 1.29 is 67.5 Å². The molecule has 3 amide bonds. The molecule has 5 aliphatic rings. The summed E-state index contributed by atoms with van der Waals surface area (Å²) in [6.45, 7) is 9.62. The fourth-order valence-electron chi connectivity index (χ4n) is 13.2. The van der Waals surface area contributed by atoms with Gasteiger partial charge in [-0.2, -0.15) is 0 Å². The Morgan fingerprint density at radius 3 is 2.03 bits per heavy atom. The van der Waals surface area contributed by atoms with Gasteiger partial charge in [0.25, 0.3) is 5.91 Å². The number of fused-ring (bicyclic) bond motifs is 5. The number of esters is 3. The van der Waals surface area contributed by atoms with E-state index in [2.05, 4.69) is 5.32 Å². The van der Waals surface area contributed by atoms with E-state index in [0.29, 0.717) is 29.6 Å². The molecule has 3 aromatic rings. The topological polar surface area (TPSA) is 225 Å². The van der Waals surface area contributed by atoms with Crippen LogP contribution in [-0.4, -0.2) is 131 Å². The number of carbonyl (C=O) groups excluding carboxylic acids is 7. The van der Waals surface area contributed by atoms with Crippen LogP contribution in [0, 0.1) is 28.6 Å². The average Bonchev–Trinajstić information content (AvgIpc) is 1.85. The summed E-state index contributed by atoms with van der Waals surface area (Å²) in [5, 5.41) is 29.2. The fourth-order valence-corrected chi connectivity index (χ4v) is 13.2. The molecule has 418 valence electrons. The Morgan fingerprint density at radius 1 is 0.795 bits per heavy atom. The normalized spacial score (nSPS) is 30.2. The molecule has 0 spiro atoms. The van der Waals surface area contributed by atoms with Gasteiger partial charge in [0.2, 0.25) is 6.10 Å². The molecule has 17 nitrogen and oxygen atoms in total. The molecule has 0 aliphatic heterocycles. The van der Waals surface area contributed by atoms with Crippen LogP contribution < -0.4 is 5.32 Å². The summed E-state index contributed by atoms with van der Waals surface area (Å²) in [6, 6.07) is 23.4. The van der Waals surface area contributed by atoms with Gasteiger partial charge in [0.1, 0.15) is 41.3 Å². The molecule has 17 heteroatoms. The lowest BCUT2D eigenvalue weighted by Crippen LogP contribution is -2.78. The minimum atomic E-state index is -2.24. The molecule has 3 aromatic carbocycles.